The third kappa shape index (κ3) is 3.51. The van der Waals surface area contributed by atoms with Gasteiger partial charge in [-0.15, -0.1) is 0 Å². The quantitative estimate of drug-likeness (QED) is 0.849. The SMILES string of the molecule is O=C(CN1CCSC1=O)N[C@H](C(=O)O)c1ccccc1. The van der Waals surface area contributed by atoms with Gasteiger partial charge in [0.15, 0.2) is 6.04 Å². The Kier molecular flexibility index (Phi) is 4.62. The average Bonchev–Trinajstić information content (AvgIpc) is 2.82. The van der Waals surface area contributed by atoms with E-state index in [-0.39, 0.29) is 11.8 Å². The van der Waals surface area contributed by atoms with E-state index in [0.717, 1.165) is 11.8 Å². The molecule has 1 aromatic carbocycles. The predicted molar refractivity (Wildman–Crippen MR) is 74.4 cm³/mol. The van der Waals surface area contributed by atoms with Crippen molar-refractivity contribution in [2.75, 3.05) is 18.8 Å². The summed E-state index contributed by atoms with van der Waals surface area (Å²) in [7, 11) is 0. The molecule has 0 unspecified atom stereocenters. The fraction of sp³-hybridized carbons (Fsp3) is 0.308. The van der Waals surface area contributed by atoms with Gasteiger partial charge in [-0.25, -0.2) is 4.79 Å². The first kappa shape index (κ1) is 14.4. The second-order valence-electron chi connectivity index (χ2n) is 4.29. The van der Waals surface area contributed by atoms with E-state index in [0.29, 0.717) is 17.9 Å². The number of carbonyl (C=O) groups excluding carboxylic acids is 2. The molecule has 1 aliphatic rings. The minimum absolute atomic E-state index is 0.109. The molecule has 0 saturated carbocycles. The number of hydrogen-bond donors (Lipinski definition) is 2. The Labute approximate surface area is 120 Å². The third-order valence-electron chi connectivity index (χ3n) is 2.86. The topological polar surface area (TPSA) is 86.7 Å². The second kappa shape index (κ2) is 6.42. The van der Waals surface area contributed by atoms with Crippen LogP contribution in [0, 0.1) is 0 Å². The largest absolute Gasteiger partial charge is 0.479 e. The van der Waals surface area contributed by atoms with Crippen molar-refractivity contribution in [3.63, 3.8) is 0 Å². The van der Waals surface area contributed by atoms with Gasteiger partial charge in [-0.2, -0.15) is 0 Å². The Morgan fingerprint density at radius 3 is 2.60 bits per heavy atom. The molecular formula is C13H14N2O4S. The van der Waals surface area contributed by atoms with Gasteiger partial charge in [0.25, 0.3) is 5.24 Å². The van der Waals surface area contributed by atoms with Crippen LogP contribution in [0.1, 0.15) is 11.6 Å². The summed E-state index contributed by atoms with van der Waals surface area (Å²) in [6.45, 7) is 0.405. The summed E-state index contributed by atoms with van der Waals surface area (Å²) >= 11 is 1.16. The second-order valence-corrected chi connectivity index (χ2v) is 5.33. The van der Waals surface area contributed by atoms with Gasteiger partial charge in [0.2, 0.25) is 5.91 Å². The van der Waals surface area contributed by atoms with Crippen molar-refractivity contribution in [1.29, 1.82) is 0 Å². The summed E-state index contributed by atoms with van der Waals surface area (Å²) in [5.41, 5.74) is 0.496. The Morgan fingerprint density at radius 2 is 2.05 bits per heavy atom. The monoisotopic (exact) mass is 294 g/mol. The first-order chi connectivity index (χ1) is 9.58. The van der Waals surface area contributed by atoms with E-state index in [1.165, 1.54) is 4.90 Å². The minimum Gasteiger partial charge on any atom is -0.479 e. The number of carboxylic acid groups (broad SMARTS) is 1. The van der Waals surface area contributed by atoms with Gasteiger partial charge < -0.3 is 15.3 Å². The van der Waals surface area contributed by atoms with Gasteiger partial charge in [0.05, 0.1) is 0 Å². The highest BCUT2D eigenvalue weighted by Crippen LogP contribution is 2.17. The van der Waals surface area contributed by atoms with Gasteiger partial charge in [0.1, 0.15) is 6.54 Å². The predicted octanol–water partition coefficient (Wildman–Crippen LogP) is 1.10. The van der Waals surface area contributed by atoms with Crippen LogP contribution in [-0.4, -0.2) is 46.0 Å². The van der Waals surface area contributed by atoms with Crippen molar-refractivity contribution >= 4 is 28.9 Å². The number of benzene rings is 1. The van der Waals surface area contributed by atoms with Crippen molar-refractivity contribution in [2.45, 2.75) is 6.04 Å². The molecular weight excluding hydrogens is 280 g/mol. The lowest BCUT2D eigenvalue weighted by molar-refractivity contribution is -0.142. The molecule has 1 aliphatic heterocycles. The number of nitrogens with one attached hydrogen (secondary N) is 1. The summed E-state index contributed by atoms with van der Waals surface area (Å²) in [6, 6.07) is 7.35. The van der Waals surface area contributed by atoms with Crippen LogP contribution in [0.5, 0.6) is 0 Å². The number of amides is 2. The number of aliphatic carboxylic acids is 1. The van der Waals surface area contributed by atoms with Crippen molar-refractivity contribution < 1.29 is 19.5 Å². The summed E-state index contributed by atoms with van der Waals surface area (Å²) in [5.74, 6) is -0.948. The van der Waals surface area contributed by atoms with Crippen LogP contribution in [0.25, 0.3) is 0 Å². The van der Waals surface area contributed by atoms with Crippen molar-refractivity contribution in [1.82, 2.24) is 10.2 Å². The van der Waals surface area contributed by atoms with Crippen molar-refractivity contribution in [2.24, 2.45) is 0 Å². The number of rotatable bonds is 5. The zero-order valence-electron chi connectivity index (χ0n) is 10.6. The molecule has 0 spiro atoms. The summed E-state index contributed by atoms with van der Waals surface area (Å²) in [6.07, 6.45) is 0. The molecule has 1 atom stereocenters. The van der Waals surface area contributed by atoms with Gasteiger partial charge in [-0.3, -0.25) is 9.59 Å². The Bertz CT molecular complexity index is 520. The first-order valence-corrected chi connectivity index (χ1v) is 7.05. The van der Waals surface area contributed by atoms with E-state index in [4.69, 9.17) is 0 Å². The maximum Gasteiger partial charge on any atom is 0.330 e. The Hall–Kier alpha value is -2.02. The van der Waals surface area contributed by atoms with E-state index in [1.54, 1.807) is 30.3 Å². The third-order valence-corrected chi connectivity index (χ3v) is 3.76. The van der Waals surface area contributed by atoms with E-state index in [9.17, 15) is 19.5 Å². The molecule has 1 heterocycles. The number of hydrogen-bond acceptors (Lipinski definition) is 4. The zero-order valence-corrected chi connectivity index (χ0v) is 11.4. The molecule has 7 heteroatoms. The van der Waals surface area contributed by atoms with Gasteiger partial charge in [-0.05, 0) is 5.56 Å². The molecule has 1 aromatic rings. The smallest absolute Gasteiger partial charge is 0.330 e. The lowest BCUT2D eigenvalue weighted by atomic mass is 10.1. The van der Waals surface area contributed by atoms with Crippen LogP contribution in [0.3, 0.4) is 0 Å². The van der Waals surface area contributed by atoms with Crippen molar-refractivity contribution in [3.8, 4) is 0 Å². The highest BCUT2D eigenvalue weighted by molar-refractivity contribution is 8.13. The summed E-state index contributed by atoms with van der Waals surface area (Å²) in [5, 5.41) is 11.5. The molecule has 1 saturated heterocycles. The normalized spacial score (nSPS) is 16.0. The van der Waals surface area contributed by atoms with Crippen LogP contribution in [0.2, 0.25) is 0 Å². The fourth-order valence-electron chi connectivity index (χ4n) is 1.88. The highest BCUT2D eigenvalue weighted by atomic mass is 32.2. The van der Waals surface area contributed by atoms with Gasteiger partial charge in [-0.1, -0.05) is 42.1 Å². The maximum atomic E-state index is 11.9. The molecule has 0 aliphatic carbocycles. The average molecular weight is 294 g/mol. The molecule has 2 amide bonds. The number of nitrogens with zero attached hydrogens (tertiary/aromatic N) is 1. The molecule has 2 rings (SSSR count). The van der Waals surface area contributed by atoms with Crippen LogP contribution in [0.4, 0.5) is 4.79 Å². The molecule has 1 fully saturated rings. The Morgan fingerprint density at radius 1 is 1.35 bits per heavy atom. The fourth-order valence-corrected chi connectivity index (χ4v) is 2.71. The Balaban J connectivity index is 2.00. The zero-order chi connectivity index (χ0) is 14.5. The molecule has 0 aromatic heterocycles. The highest BCUT2D eigenvalue weighted by Gasteiger charge is 2.26. The molecule has 0 radical (unpaired) electrons. The van der Waals surface area contributed by atoms with Crippen LogP contribution >= 0.6 is 11.8 Å². The number of carbonyl (C=O) groups is 3. The molecule has 6 nitrogen and oxygen atoms in total. The van der Waals surface area contributed by atoms with E-state index >= 15 is 0 Å². The lowest BCUT2D eigenvalue weighted by Gasteiger charge is -2.18. The standard InChI is InChI=1S/C13H14N2O4S/c16-10(8-15-6-7-20-13(15)19)14-11(12(17)18)9-4-2-1-3-5-9/h1-5,11H,6-8H2,(H,14,16)(H,17,18)/t11-/m0/s1. The van der Waals surface area contributed by atoms with Crippen LogP contribution in [-0.2, 0) is 9.59 Å². The number of carboxylic acids is 1. The van der Waals surface area contributed by atoms with E-state index < -0.39 is 17.9 Å². The maximum absolute atomic E-state index is 11.9. The van der Waals surface area contributed by atoms with E-state index in [2.05, 4.69) is 5.32 Å². The number of thioether (sulfide) groups is 1. The van der Waals surface area contributed by atoms with Crippen LogP contribution < -0.4 is 5.32 Å². The summed E-state index contributed by atoms with van der Waals surface area (Å²) < 4.78 is 0. The molecule has 2 N–H and O–H groups in total. The lowest BCUT2D eigenvalue weighted by Crippen LogP contribution is -2.41. The molecule has 0 bridgehead atoms. The van der Waals surface area contributed by atoms with Crippen LogP contribution in [0.15, 0.2) is 30.3 Å². The molecule has 20 heavy (non-hydrogen) atoms. The summed E-state index contributed by atoms with van der Waals surface area (Å²) in [4.78, 5) is 35.9. The minimum atomic E-state index is -1.13. The van der Waals surface area contributed by atoms with E-state index in [1.807, 2.05) is 0 Å². The van der Waals surface area contributed by atoms with Gasteiger partial charge in [0, 0.05) is 12.3 Å². The first-order valence-electron chi connectivity index (χ1n) is 6.07. The molecule has 106 valence electrons. The van der Waals surface area contributed by atoms with Crippen molar-refractivity contribution in [3.05, 3.63) is 35.9 Å². The van der Waals surface area contributed by atoms with Gasteiger partial charge >= 0.3 is 5.97 Å².